The number of aromatic carboxylic acids is 2. The van der Waals surface area contributed by atoms with E-state index >= 15 is 0 Å². The summed E-state index contributed by atoms with van der Waals surface area (Å²) in [5.74, 6) is -2.57. The SMILES string of the molecule is CC(C)(C)NC(=O)c1cc(-c2ccc(C(=O)O)c(C(=O)Nc3ccc(Oc4ccc(C(C)(C)C)cc4)cc3)c2)ccc1C(=O)O. The largest absolute Gasteiger partial charge is 0.478 e. The molecular formula is C36H36N2O7. The molecule has 4 rings (SSSR count). The van der Waals surface area contributed by atoms with Gasteiger partial charge in [0, 0.05) is 11.2 Å². The molecular weight excluding hydrogens is 572 g/mol. The van der Waals surface area contributed by atoms with Gasteiger partial charge in [0.2, 0.25) is 0 Å². The predicted octanol–water partition coefficient (Wildman–Crippen LogP) is 7.62. The molecule has 9 heteroatoms. The summed E-state index contributed by atoms with van der Waals surface area (Å²) < 4.78 is 5.93. The van der Waals surface area contributed by atoms with Gasteiger partial charge in [-0.25, -0.2) is 9.59 Å². The molecule has 0 fully saturated rings. The summed E-state index contributed by atoms with van der Waals surface area (Å²) in [5, 5.41) is 24.9. The number of benzene rings is 4. The maximum absolute atomic E-state index is 13.3. The van der Waals surface area contributed by atoms with E-state index in [0.717, 1.165) is 0 Å². The van der Waals surface area contributed by atoms with Crippen molar-refractivity contribution >= 4 is 29.4 Å². The highest BCUT2D eigenvalue weighted by Gasteiger charge is 2.23. The molecule has 0 unspecified atom stereocenters. The first-order valence-electron chi connectivity index (χ1n) is 14.3. The monoisotopic (exact) mass is 608 g/mol. The molecule has 0 saturated carbocycles. The molecule has 0 aromatic heterocycles. The van der Waals surface area contributed by atoms with E-state index in [0.29, 0.717) is 28.3 Å². The second-order valence-corrected chi connectivity index (χ2v) is 12.7. The molecule has 0 aliphatic rings. The second kappa shape index (κ2) is 12.7. The van der Waals surface area contributed by atoms with E-state index in [-0.39, 0.29) is 27.7 Å². The van der Waals surface area contributed by atoms with E-state index in [1.54, 1.807) is 45.0 Å². The number of carboxylic acids is 2. The van der Waals surface area contributed by atoms with Crippen LogP contribution in [0.15, 0.2) is 84.9 Å². The number of rotatable bonds is 8. The predicted molar refractivity (Wildman–Crippen MR) is 173 cm³/mol. The van der Waals surface area contributed by atoms with E-state index in [4.69, 9.17) is 4.74 Å². The molecule has 4 aromatic carbocycles. The zero-order valence-electron chi connectivity index (χ0n) is 26.0. The third kappa shape index (κ3) is 8.14. The van der Waals surface area contributed by atoms with Crippen LogP contribution in [-0.4, -0.2) is 39.5 Å². The van der Waals surface area contributed by atoms with Crippen LogP contribution in [0.3, 0.4) is 0 Å². The minimum atomic E-state index is -1.29. The molecule has 0 aliphatic heterocycles. The first kappa shape index (κ1) is 32.5. The van der Waals surface area contributed by atoms with Crippen LogP contribution >= 0.6 is 0 Å². The number of carboxylic acid groups (broad SMARTS) is 2. The highest BCUT2D eigenvalue weighted by molar-refractivity contribution is 6.11. The molecule has 0 bridgehead atoms. The number of carbonyl (C=O) groups is 4. The molecule has 9 nitrogen and oxygen atoms in total. The lowest BCUT2D eigenvalue weighted by Gasteiger charge is -2.21. The van der Waals surface area contributed by atoms with Gasteiger partial charge in [0.1, 0.15) is 11.5 Å². The fraction of sp³-hybridized carbons (Fsp3) is 0.222. The molecule has 0 atom stereocenters. The summed E-state index contributed by atoms with van der Waals surface area (Å²) in [6, 6.07) is 22.9. The molecule has 0 spiro atoms. The lowest BCUT2D eigenvalue weighted by molar-refractivity contribution is 0.0682. The lowest BCUT2D eigenvalue weighted by Crippen LogP contribution is -2.41. The van der Waals surface area contributed by atoms with Gasteiger partial charge in [-0.1, -0.05) is 45.0 Å². The van der Waals surface area contributed by atoms with Crippen molar-refractivity contribution in [3.63, 3.8) is 0 Å². The number of hydrogen-bond acceptors (Lipinski definition) is 5. The van der Waals surface area contributed by atoms with Crippen LogP contribution in [-0.2, 0) is 5.41 Å². The van der Waals surface area contributed by atoms with Crippen molar-refractivity contribution < 1.29 is 34.1 Å². The maximum Gasteiger partial charge on any atom is 0.336 e. The Morgan fingerprint density at radius 2 is 1.02 bits per heavy atom. The van der Waals surface area contributed by atoms with Gasteiger partial charge in [0.05, 0.1) is 22.3 Å². The summed E-state index contributed by atoms with van der Waals surface area (Å²) in [6.45, 7) is 11.7. The minimum Gasteiger partial charge on any atom is -0.478 e. The number of anilines is 1. The van der Waals surface area contributed by atoms with Crippen molar-refractivity contribution in [2.45, 2.75) is 52.5 Å². The number of nitrogens with one attached hydrogen (secondary N) is 2. The number of amides is 2. The van der Waals surface area contributed by atoms with Gasteiger partial charge >= 0.3 is 11.9 Å². The molecule has 0 heterocycles. The number of hydrogen-bond donors (Lipinski definition) is 4. The van der Waals surface area contributed by atoms with Gasteiger partial charge in [-0.2, -0.15) is 0 Å². The smallest absolute Gasteiger partial charge is 0.336 e. The van der Waals surface area contributed by atoms with Crippen molar-refractivity contribution in [1.82, 2.24) is 5.32 Å². The zero-order chi connectivity index (χ0) is 33.1. The molecule has 0 aliphatic carbocycles. The molecule has 0 radical (unpaired) electrons. The first-order valence-corrected chi connectivity index (χ1v) is 14.3. The van der Waals surface area contributed by atoms with Crippen molar-refractivity contribution in [2.75, 3.05) is 5.32 Å². The summed E-state index contributed by atoms with van der Waals surface area (Å²) in [7, 11) is 0. The van der Waals surface area contributed by atoms with Gasteiger partial charge in [-0.15, -0.1) is 0 Å². The van der Waals surface area contributed by atoms with E-state index in [1.807, 2.05) is 24.3 Å². The van der Waals surface area contributed by atoms with Gasteiger partial charge in [-0.05, 0) is 104 Å². The van der Waals surface area contributed by atoms with Gasteiger partial charge in [0.15, 0.2) is 0 Å². The van der Waals surface area contributed by atoms with Crippen molar-refractivity contribution in [1.29, 1.82) is 0 Å². The second-order valence-electron chi connectivity index (χ2n) is 12.7. The van der Waals surface area contributed by atoms with Crippen LogP contribution in [0.2, 0.25) is 0 Å². The molecule has 2 amide bonds. The Balaban J connectivity index is 1.58. The standard InChI is InChI=1S/C36H36N2O7/c1-35(2,3)23-9-13-25(14-10-23)45-26-15-11-24(12-16-26)37-31(39)29-19-21(7-17-27(29)33(41)42)22-8-18-28(34(43)44)30(20-22)32(40)38-36(4,5)6/h7-20H,1-6H3,(H,37,39)(H,38,40)(H,41,42)(H,43,44). The van der Waals surface area contributed by atoms with Gasteiger partial charge < -0.3 is 25.6 Å². The van der Waals surface area contributed by atoms with Crippen LogP contribution in [0.25, 0.3) is 11.1 Å². The van der Waals surface area contributed by atoms with Crippen molar-refractivity contribution in [2.24, 2.45) is 0 Å². The Morgan fingerprint density at radius 3 is 1.44 bits per heavy atom. The molecule has 45 heavy (non-hydrogen) atoms. The Morgan fingerprint density at radius 1 is 0.578 bits per heavy atom. The van der Waals surface area contributed by atoms with Crippen LogP contribution in [0, 0.1) is 0 Å². The van der Waals surface area contributed by atoms with E-state index in [2.05, 4.69) is 31.4 Å². The third-order valence-electron chi connectivity index (χ3n) is 6.88. The van der Waals surface area contributed by atoms with Gasteiger partial charge in [-0.3, -0.25) is 9.59 Å². The Kier molecular flexibility index (Phi) is 9.13. The highest BCUT2D eigenvalue weighted by Crippen LogP contribution is 2.29. The van der Waals surface area contributed by atoms with Crippen LogP contribution in [0.4, 0.5) is 5.69 Å². The van der Waals surface area contributed by atoms with Gasteiger partial charge in [0.25, 0.3) is 11.8 Å². The molecule has 0 saturated heterocycles. The number of carbonyl (C=O) groups excluding carboxylic acids is 2. The van der Waals surface area contributed by atoms with Crippen molar-refractivity contribution in [3.8, 4) is 22.6 Å². The average Bonchev–Trinajstić information content (AvgIpc) is 2.96. The van der Waals surface area contributed by atoms with Crippen LogP contribution < -0.4 is 15.4 Å². The van der Waals surface area contributed by atoms with E-state index in [9.17, 15) is 29.4 Å². The summed E-state index contributed by atoms with van der Waals surface area (Å²) in [5.41, 5.74) is 1.30. The average molecular weight is 609 g/mol. The Labute approximate surface area is 261 Å². The number of ether oxygens (including phenoxy) is 1. The maximum atomic E-state index is 13.3. The van der Waals surface area contributed by atoms with Crippen LogP contribution in [0.5, 0.6) is 11.5 Å². The third-order valence-corrected chi connectivity index (χ3v) is 6.88. The van der Waals surface area contributed by atoms with Crippen molar-refractivity contribution in [3.05, 3.63) is 113 Å². The summed E-state index contributed by atoms with van der Waals surface area (Å²) in [4.78, 5) is 50.1. The fourth-order valence-electron chi connectivity index (χ4n) is 4.57. The minimum absolute atomic E-state index is 0.0227. The Hall–Kier alpha value is -5.44. The molecule has 4 aromatic rings. The quantitative estimate of drug-likeness (QED) is 0.161. The highest BCUT2D eigenvalue weighted by atomic mass is 16.5. The lowest BCUT2D eigenvalue weighted by atomic mass is 9.87. The zero-order valence-corrected chi connectivity index (χ0v) is 26.0. The summed E-state index contributed by atoms with van der Waals surface area (Å²) >= 11 is 0. The fourth-order valence-corrected chi connectivity index (χ4v) is 4.57. The molecule has 232 valence electrons. The molecule has 4 N–H and O–H groups in total. The normalized spacial score (nSPS) is 11.4. The summed E-state index contributed by atoms with van der Waals surface area (Å²) in [6.07, 6.45) is 0. The van der Waals surface area contributed by atoms with E-state index in [1.165, 1.54) is 42.0 Å². The first-order chi connectivity index (χ1) is 21.0. The Bertz CT molecular complexity index is 1760. The topological polar surface area (TPSA) is 142 Å². The van der Waals surface area contributed by atoms with Crippen LogP contribution in [0.1, 0.15) is 88.5 Å². The van der Waals surface area contributed by atoms with E-state index < -0.39 is 29.3 Å².